The second kappa shape index (κ2) is 9.79. The van der Waals surface area contributed by atoms with Crippen molar-refractivity contribution in [2.45, 2.75) is 52.7 Å². The Hall–Kier alpha value is -3.12. The van der Waals surface area contributed by atoms with Gasteiger partial charge in [-0.05, 0) is 57.7 Å². The summed E-state index contributed by atoms with van der Waals surface area (Å²) in [4.78, 5) is 20.9. The number of ether oxygens (including phenoxy) is 1. The largest absolute Gasteiger partial charge is 0.460 e. The van der Waals surface area contributed by atoms with Gasteiger partial charge in [0.2, 0.25) is 0 Å². The number of para-hydroxylation sites is 1. The topological polar surface area (TPSA) is 61.5 Å². The number of hydrazine groups is 1. The second-order valence-electron chi connectivity index (χ2n) is 9.74. The molecule has 1 aliphatic heterocycles. The fraction of sp³-hybridized carbons (Fsp3) is 0.407. The third-order valence-electron chi connectivity index (χ3n) is 5.98. The van der Waals surface area contributed by atoms with Crippen LogP contribution >= 0.6 is 0 Å². The van der Waals surface area contributed by atoms with Gasteiger partial charge >= 0.3 is 5.97 Å². The average molecular weight is 447 g/mol. The van der Waals surface area contributed by atoms with Gasteiger partial charge in [-0.25, -0.2) is 9.99 Å². The number of H-pyrrole nitrogens is 1. The molecule has 1 N–H and O–H groups in total. The number of benzene rings is 2. The Bertz CT molecular complexity index is 1070. The van der Waals surface area contributed by atoms with Crippen LogP contribution in [0.1, 0.15) is 43.3 Å². The SMILES string of the molecule is Cc1[nH]cnc1CN1c2ccccc2CC(C(=O)OC(C)(C)C)CN1CCc1ccccc1. The molecule has 1 aromatic heterocycles. The van der Waals surface area contributed by atoms with E-state index >= 15 is 0 Å². The van der Waals surface area contributed by atoms with E-state index in [1.165, 1.54) is 5.56 Å². The number of anilines is 1. The molecule has 4 rings (SSSR count). The number of imidazole rings is 1. The molecule has 0 radical (unpaired) electrons. The van der Waals surface area contributed by atoms with E-state index in [1.54, 1.807) is 6.33 Å². The van der Waals surface area contributed by atoms with Crippen LogP contribution in [0, 0.1) is 12.8 Å². The van der Waals surface area contributed by atoms with E-state index in [0.717, 1.165) is 35.6 Å². The van der Waals surface area contributed by atoms with E-state index in [2.05, 4.69) is 62.5 Å². The number of aromatic nitrogens is 2. The molecule has 2 heterocycles. The number of hydrogen-bond acceptors (Lipinski definition) is 5. The van der Waals surface area contributed by atoms with Gasteiger partial charge in [-0.1, -0.05) is 48.5 Å². The van der Waals surface area contributed by atoms with Crippen LogP contribution in [0.5, 0.6) is 0 Å². The number of aromatic amines is 1. The van der Waals surface area contributed by atoms with Crippen molar-refractivity contribution in [2.24, 2.45) is 5.92 Å². The Labute approximate surface area is 196 Å². The monoisotopic (exact) mass is 446 g/mol. The highest BCUT2D eigenvalue weighted by Crippen LogP contribution is 2.32. The first kappa shape index (κ1) is 23.1. The minimum atomic E-state index is -0.510. The zero-order valence-electron chi connectivity index (χ0n) is 20.0. The van der Waals surface area contributed by atoms with Gasteiger partial charge in [-0.3, -0.25) is 9.80 Å². The highest BCUT2D eigenvalue weighted by Gasteiger charge is 2.34. The quantitative estimate of drug-likeness (QED) is 0.556. The molecule has 0 saturated carbocycles. The summed E-state index contributed by atoms with van der Waals surface area (Å²) in [7, 11) is 0. The number of rotatable bonds is 6. The number of nitrogens with zero attached hydrogens (tertiary/aromatic N) is 3. The molecule has 0 aliphatic carbocycles. The first-order valence-corrected chi connectivity index (χ1v) is 11.7. The third-order valence-corrected chi connectivity index (χ3v) is 5.98. The van der Waals surface area contributed by atoms with Crippen molar-refractivity contribution in [1.82, 2.24) is 15.0 Å². The van der Waals surface area contributed by atoms with Crippen LogP contribution in [0.25, 0.3) is 0 Å². The molecule has 6 nitrogen and oxygen atoms in total. The van der Waals surface area contributed by atoms with E-state index < -0.39 is 5.60 Å². The van der Waals surface area contributed by atoms with Crippen LogP contribution in [0.4, 0.5) is 5.69 Å². The predicted octanol–water partition coefficient (Wildman–Crippen LogP) is 4.70. The fourth-order valence-corrected chi connectivity index (χ4v) is 4.30. The summed E-state index contributed by atoms with van der Waals surface area (Å²) in [5.41, 5.74) is 5.11. The maximum atomic E-state index is 13.2. The molecule has 2 aromatic carbocycles. The van der Waals surface area contributed by atoms with Crippen LogP contribution in [0.3, 0.4) is 0 Å². The second-order valence-corrected chi connectivity index (χ2v) is 9.74. The molecule has 0 amide bonds. The Kier molecular flexibility index (Phi) is 6.84. The number of esters is 1. The first-order valence-electron chi connectivity index (χ1n) is 11.7. The molecule has 1 aliphatic rings. The maximum absolute atomic E-state index is 13.2. The van der Waals surface area contributed by atoms with Crippen molar-refractivity contribution < 1.29 is 9.53 Å². The molecule has 33 heavy (non-hydrogen) atoms. The van der Waals surface area contributed by atoms with Gasteiger partial charge < -0.3 is 9.72 Å². The zero-order valence-corrected chi connectivity index (χ0v) is 20.0. The summed E-state index contributed by atoms with van der Waals surface area (Å²) in [5, 5.41) is 4.60. The molecule has 0 spiro atoms. The van der Waals surface area contributed by atoms with Crippen molar-refractivity contribution in [2.75, 3.05) is 18.1 Å². The summed E-state index contributed by atoms with van der Waals surface area (Å²) in [6.45, 7) is 9.85. The van der Waals surface area contributed by atoms with Crippen molar-refractivity contribution in [3.8, 4) is 0 Å². The lowest BCUT2D eigenvalue weighted by atomic mass is 9.98. The zero-order chi connectivity index (χ0) is 23.4. The number of carbonyl (C=O) groups is 1. The number of fused-ring (bicyclic) bond motifs is 1. The molecule has 0 saturated heterocycles. The van der Waals surface area contributed by atoms with E-state index in [9.17, 15) is 4.79 Å². The van der Waals surface area contributed by atoms with Gasteiger partial charge in [-0.15, -0.1) is 0 Å². The van der Waals surface area contributed by atoms with Gasteiger partial charge in [-0.2, -0.15) is 0 Å². The van der Waals surface area contributed by atoms with Crippen LogP contribution in [0.2, 0.25) is 0 Å². The summed E-state index contributed by atoms with van der Waals surface area (Å²) in [6.07, 6.45) is 3.29. The van der Waals surface area contributed by atoms with E-state index in [1.807, 2.05) is 39.8 Å². The highest BCUT2D eigenvalue weighted by molar-refractivity contribution is 5.74. The Balaban J connectivity index is 1.68. The average Bonchev–Trinajstić information content (AvgIpc) is 3.11. The fourth-order valence-electron chi connectivity index (χ4n) is 4.30. The van der Waals surface area contributed by atoms with E-state index in [0.29, 0.717) is 19.5 Å². The van der Waals surface area contributed by atoms with Crippen molar-refractivity contribution >= 4 is 11.7 Å². The molecule has 0 bridgehead atoms. The highest BCUT2D eigenvalue weighted by atomic mass is 16.6. The number of hydrogen-bond donors (Lipinski definition) is 1. The van der Waals surface area contributed by atoms with E-state index in [-0.39, 0.29) is 11.9 Å². The smallest absolute Gasteiger partial charge is 0.311 e. The lowest BCUT2D eigenvalue weighted by molar-refractivity contribution is -0.160. The number of nitrogens with one attached hydrogen (secondary N) is 1. The van der Waals surface area contributed by atoms with Crippen molar-refractivity contribution in [1.29, 1.82) is 0 Å². The number of carbonyl (C=O) groups excluding carboxylic acids is 1. The van der Waals surface area contributed by atoms with Gasteiger partial charge in [0.05, 0.1) is 30.2 Å². The third kappa shape index (κ3) is 5.82. The number of aryl methyl sites for hydroxylation is 1. The van der Waals surface area contributed by atoms with Gasteiger partial charge in [0.25, 0.3) is 0 Å². The summed E-state index contributed by atoms with van der Waals surface area (Å²) in [6, 6.07) is 18.9. The van der Waals surface area contributed by atoms with Crippen LogP contribution in [0.15, 0.2) is 60.9 Å². The predicted molar refractivity (Wildman–Crippen MR) is 131 cm³/mol. The summed E-state index contributed by atoms with van der Waals surface area (Å²) in [5.74, 6) is -0.383. The Morgan fingerprint density at radius 3 is 2.55 bits per heavy atom. The van der Waals surface area contributed by atoms with Crippen LogP contribution < -0.4 is 5.01 Å². The standard InChI is InChI=1S/C27H34N4O2/c1-20-24(29-19-28-20)18-31-25-13-9-8-12-22(25)16-23(26(32)33-27(2,3)4)17-30(31)15-14-21-10-6-5-7-11-21/h5-13,19,23H,14-18H2,1-4H3,(H,28,29). The minimum Gasteiger partial charge on any atom is -0.460 e. The maximum Gasteiger partial charge on any atom is 0.311 e. The molecular weight excluding hydrogens is 412 g/mol. The molecule has 3 aromatic rings. The molecule has 1 unspecified atom stereocenters. The van der Waals surface area contributed by atoms with Gasteiger partial charge in [0.1, 0.15) is 5.60 Å². The lowest BCUT2D eigenvalue weighted by Crippen LogP contribution is -2.47. The molecule has 6 heteroatoms. The Morgan fingerprint density at radius 2 is 1.85 bits per heavy atom. The normalized spacial score (nSPS) is 16.8. The molecule has 174 valence electrons. The van der Waals surface area contributed by atoms with Crippen molar-refractivity contribution in [3.05, 3.63) is 83.4 Å². The summed E-state index contributed by atoms with van der Waals surface area (Å²) >= 11 is 0. The minimum absolute atomic E-state index is 0.139. The van der Waals surface area contributed by atoms with Crippen LogP contribution in [-0.2, 0) is 28.9 Å². The molecule has 0 fully saturated rings. The van der Waals surface area contributed by atoms with Gasteiger partial charge in [0, 0.05) is 18.8 Å². The molecule has 1 atom stereocenters. The lowest BCUT2D eigenvalue weighted by Gasteiger charge is -2.37. The first-order chi connectivity index (χ1) is 15.8. The van der Waals surface area contributed by atoms with Crippen LogP contribution in [-0.4, -0.2) is 39.6 Å². The molecular formula is C27H34N4O2. The van der Waals surface area contributed by atoms with Crippen molar-refractivity contribution in [3.63, 3.8) is 0 Å². The van der Waals surface area contributed by atoms with E-state index in [4.69, 9.17) is 4.74 Å². The Morgan fingerprint density at radius 1 is 1.12 bits per heavy atom. The summed E-state index contributed by atoms with van der Waals surface area (Å²) < 4.78 is 5.82. The van der Waals surface area contributed by atoms with Gasteiger partial charge in [0.15, 0.2) is 0 Å².